The zero-order valence-corrected chi connectivity index (χ0v) is 14.2. The number of fused-ring (bicyclic) bond motifs is 3. The lowest BCUT2D eigenvalue weighted by Gasteiger charge is -2.00. The van der Waals surface area contributed by atoms with E-state index in [0.29, 0.717) is 0 Å². The summed E-state index contributed by atoms with van der Waals surface area (Å²) in [6, 6.07) is 12.4. The molecule has 0 aliphatic carbocycles. The molecular formula is C20H23N3. The third-order valence-electron chi connectivity index (χ3n) is 3.40. The average molecular weight is 305 g/mol. The van der Waals surface area contributed by atoms with Crippen LogP contribution in [0.3, 0.4) is 0 Å². The summed E-state index contributed by atoms with van der Waals surface area (Å²) >= 11 is 0. The molecule has 4 rings (SSSR count). The molecule has 1 aromatic carbocycles. The van der Waals surface area contributed by atoms with Crippen molar-refractivity contribution in [1.29, 1.82) is 0 Å². The standard InChI is InChI=1S/C16H11N3.2C2H6/c1-2-12(9-17-6-1)11-3-4-13-14-10-18-7-5-15(14)19-16(13)8-11;2*1-2/h1-10,19H;2*1-2H3. The number of hydrogen-bond acceptors (Lipinski definition) is 2. The van der Waals surface area contributed by atoms with E-state index in [2.05, 4.69) is 39.2 Å². The van der Waals surface area contributed by atoms with Crippen LogP contribution in [0.4, 0.5) is 0 Å². The lowest BCUT2D eigenvalue weighted by Crippen LogP contribution is -1.79. The van der Waals surface area contributed by atoms with Crippen LogP contribution in [0.2, 0.25) is 0 Å². The Balaban J connectivity index is 0.000000448. The third kappa shape index (κ3) is 3.39. The smallest absolute Gasteiger partial charge is 0.0495 e. The molecule has 3 aromatic heterocycles. The fraction of sp³-hybridized carbons (Fsp3) is 0.200. The molecule has 0 saturated carbocycles. The number of pyridine rings is 2. The summed E-state index contributed by atoms with van der Waals surface area (Å²) in [5, 5.41) is 2.37. The van der Waals surface area contributed by atoms with Crippen LogP contribution in [0.1, 0.15) is 27.7 Å². The van der Waals surface area contributed by atoms with Crippen molar-refractivity contribution in [3.8, 4) is 11.1 Å². The normalized spacial score (nSPS) is 9.74. The van der Waals surface area contributed by atoms with E-state index in [1.807, 2.05) is 52.2 Å². The van der Waals surface area contributed by atoms with Crippen LogP contribution in [0, 0.1) is 0 Å². The van der Waals surface area contributed by atoms with Gasteiger partial charge in [0.15, 0.2) is 0 Å². The minimum Gasteiger partial charge on any atom is -0.354 e. The van der Waals surface area contributed by atoms with E-state index in [1.54, 1.807) is 12.4 Å². The van der Waals surface area contributed by atoms with E-state index in [-0.39, 0.29) is 0 Å². The van der Waals surface area contributed by atoms with Gasteiger partial charge in [0.1, 0.15) is 0 Å². The van der Waals surface area contributed by atoms with Gasteiger partial charge in [-0.25, -0.2) is 0 Å². The van der Waals surface area contributed by atoms with Gasteiger partial charge in [-0.3, -0.25) is 9.97 Å². The number of rotatable bonds is 1. The molecule has 0 radical (unpaired) electrons. The van der Waals surface area contributed by atoms with Crippen molar-refractivity contribution in [2.45, 2.75) is 27.7 Å². The molecule has 3 heteroatoms. The number of aromatic amines is 1. The predicted octanol–water partition coefficient (Wildman–Crippen LogP) is 5.83. The van der Waals surface area contributed by atoms with Gasteiger partial charge in [-0.1, -0.05) is 45.9 Å². The molecule has 0 atom stereocenters. The molecule has 3 nitrogen and oxygen atoms in total. The van der Waals surface area contributed by atoms with Crippen molar-refractivity contribution in [1.82, 2.24) is 15.0 Å². The van der Waals surface area contributed by atoms with Crippen molar-refractivity contribution in [2.75, 3.05) is 0 Å². The second kappa shape index (κ2) is 8.08. The van der Waals surface area contributed by atoms with Gasteiger partial charge in [0.05, 0.1) is 0 Å². The van der Waals surface area contributed by atoms with Crippen LogP contribution >= 0.6 is 0 Å². The number of hydrogen-bond donors (Lipinski definition) is 1. The molecule has 0 saturated heterocycles. The summed E-state index contributed by atoms with van der Waals surface area (Å²) in [4.78, 5) is 11.8. The highest BCUT2D eigenvalue weighted by Crippen LogP contribution is 2.28. The van der Waals surface area contributed by atoms with Crippen LogP contribution in [0.5, 0.6) is 0 Å². The molecular weight excluding hydrogens is 282 g/mol. The largest absolute Gasteiger partial charge is 0.354 e. The van der Waals surface area contributed by atoms with Crippen LogP contribution in [0.15, 0.2) is 61.2 Å². The monoisotopic (exact) mass is 305 g/mol. The summed E-state index contributed by atoms with van der Waals surface area (Å²) < 4.78 is 0. The molecule has 3 heterocycles. The van der Waals surface area contributed by atoms with Gasteiger partial charge in [-0.05, 0) is 23.8 Å². The zero-order chi connectivity index (χ0) is 16.7. The first-order valence-electron chi connectivity index (χ1n) is 8.18. The summed E-state index contributed by atoms with van der Waals surface area (Å²) in [7, 11) is 0. The predicted molar refractivity (Wildman–Crippen MR) is 99.5 cm³/mol. The molecule has 0 amide bonds. The Bertz CT molecular complexity index is 864. The number of aromatic nitrogens is 3. The van der Waals surface area contributed by atoms with Crippen molar-refractivity contribution in [2.24, 2.45) is 0 Å². The van der Waals surface area contributed by atoms with Crippen LogP contribution < -0.4 is 0 Å². The summed E-state index contributed by atoms with van der Waals surface area (Å²) in [6.07, 6.45) is 7.37. The SMILES string of the molecule is CC.CC.c1cncc(-c2ccc3c(c2)[nH]c2ccncc23)c1. The van der Waals surface area contributed by atoms with Crippen molar-refractivity contribution in [3.63, 3.8) is 0 Å². The number of H-pyrrole nitrogens is 1. The molecule has 118 valence electrons. The van der Waals surface area contributed by atoms with E-state index in [4.69, 9.17) is 0 Å². The number of benzene rings is 1. The molecule has 4 aromatic rings. The van der Waals surface area contributed by atoms with E-state index < -0.39 is 0 Å². The van der Waals surface area contributed by atoms with Gasteiger partial charge in [0, 0.05) is 52.2 Å². The Morgan fingerprint density at radius 2 is 1.48 bits per heavy atom. The van der Waals surface area contributed by atoms with E-state index in [9.17, 15) is 0 Å². The van der Waals surface area contributed by atoms with Gasteiger partial charge >= 0.3 is 0 Å². The molecule has 1 N–H and O–H groups in total. The third-order valence-corrected chi connectivity index (χ3v) is 3.40. The van der Waals surface area contributed by atoms with Crippen molar-refractivity contribution >= 4 is 21.8 Å². The zero-order valence-electron chi connectivity index (χ0n) is 14.2. The van der Waals surface area contributed by atoms with Gasteiger partial charge in [-0.2, -0.15) is 0 Å². The Labute approximate surface area is 137 Å². The van der Waals surface area contributed by atoms with E-state index >= 15 is 0 Å². The highest BCUT2D eigenvalue weighted by Gasteiger charge is 2.05. The maximum atomic E-state index is 4.19. The Hall–Kier alpha value is -2.68. The highest BCUT2D eigenvalue weighted by atomic mass is 14.7. The highest BCUT2D eigenvalue weighted by molar-refractivity contribution is 6.07. The Kier molecular flexibility index (Phi) is 5.87. The molecule has 0 spiro atoms. The maximum absolute atomic E-state index is 4.19. The van der Waals surface area contributed by atoms with Crippen LogP contribution in [-0.2, 0) is 0 Å². The average Bonchev–Trinajstić information content (AvgIpc) is 3.03. The van der Waals surface area contributed by atoms with Crippen molar-refractivity contribution < 1.29 is 0 Å². The molecule has 0 bridgehead atoms. The fourth-order valence-corrected chi connectivity index (χ4v) is 2.46. The van der Waals surface area contributed by atoms with Crippen molar-refractivity contribution in [3.05, 3.63) is 61.2 Å². The maximum Gasteiger partial charge on any atom is 0.0495 e. The van der Waals surface area contributed by atoms with Gasteiger partial charge in [0.25, 0.3) is 0 Å². The molecule has 0 unspecified atom stereocenters. The topological polar surface area (TPSA) is 41.6 Å². The summed E-state index contributed by atoms with van der Waals surface area (Å²) in [5.74, 6) is 0. The lowest BCUT2D eigenvalue weighted by atomic mass is 10.1. The van der Waals surface area contributed by atoms with Gasteiger partial charge in [0.2, 0.25) is 0 Å². The first-order chi connectivity index (χ1) is 11.4. The lowest BCUT2D eigenvalue weighted by molar-refractivity contribution is 1.33. The Morgan fingerprint density at radius 1 is 0.696 bits per heavy atom. The first-order valence-corrected chi connectivity index (χ1v) is 8.18. The quantitative estimate of drug-likeness (QED) is 0.480. The summed E-state index contributed by atoms with van der Waals surface area (Å²) in [6.45, 7) is 8.00. The van der Waals surface area contributed by atoms with Crippen LogP contribution in [-0.4, -0.2) is 15.0 Å². The minimum absolute atomic E-state index is 1.12. The van der Waals surface area contributed by atoms with Gasteiger partial charge < -0.3 is 4.98 Å². The second-order valence-corrected chi connectivity index (χ2v) is 4.55. The van der Waals surface area contributed by atoms with Crippen LogP contribution in [0.25, 0.3) is 32.9 Å². The number of nitrogens with zero attached hydrogens (tertiary/aromatic N) is 2. The Morgan fingerprint density at radius 3 is 2.22 bits per heavy atom. The molecule has 0 aliphatic heterocycles. The fourth-order valence-electron chi connectivity index (χ4n) is 2.46. The second-order valence-electron chi connectivity index (χ2n) is 4.55. The number of nitrogens with one attached hydrogen (secondary N) is 1. The molecule has 0 aliphatic rings. The van der Waals surface area contributed by atoms with E-state index in [0.717, 1.165) is 22.0 Å². The van der Waals surface area contributed by atoms with Gasteiger partial charge in [-0.15, -0.1) is 0 Å². The minimum atomic E-state index is 1.12. The summed E-state index contributed by atoms with van der Waals surface area (Å²) in [5.41, 5.74) is 4.54. The molecule has 23 heavy (non-hydrogen) atoms. The van der Waals surface area contributed by atoms with E-state index in [1.165, 1.54) is 10.9 Å². The first kappa shape index (κ1) is 16.7. The molecule has 0 fully saturated rings.